The topological polar surface area (TPSA) is 64.4 Å². The number of rotatable bonds is 6. The van der Waals surface area contributed by atoms with Crippen molar-refractivity contribution >= 4 is 11.6 Å². The van der Waals surface area contributed by atoms with Gasteiger partial charge < -0.3 is 14.5 Å². The number of hydrogen-bond acceptors (Lipinski definition) is 4. The summed E-state index contributed by atoms with van der Waals surface area (Å²) >= 11 is 0. The van der Waals surface area contributed by atoms with E-state index >= 15 is 0 Å². The summed E-state index contributed by atoms with van der Waals surface area (Å²) < 4.78 is 11.6. The van der Waals surface area contributed by atoms with E-state index < -0.39 is 0 Å². The Balaban J connectivity index is 1.45. The summed E-state index contributed by atoms with van der Waals surface area (Å²) in [5.74, 6) is 1.84. The summed E-state index contributed by atoms with van der Waals surface area (Å²) in [5.41, 5.74) is 3.94. The van der Waals surface area contributed by atoms with E-state index in [0.29, 0.717) is 23.8 Å². The molecule has 150 valence electrons. The second-order valence-electron chi connectivity index (χ2n) is 6.97. The van der Waals surface area contributed by atoms with Crippen LogP contribution in [0.5, 0.6) is 5.75 Å². The van der Waals surface area contributed by atoms with E-state index in [1.165, 1.54) is 0 Å². The molecule has 4 rings (SSSR count). The maximum atomic E-state index is 12.5. The van der Waals surface area contributed by atoms with Crippen molar-refractivity contribution in [2.75, 3.05) is 5.32 Å². The van der Waals surface area contributed by atoms with E-state index in [1.54, 1.807) is 12.1 Å². The first-order valence-electron chi connectivity index (χ1n) is 9.72. The quantitative estimate of drug-likeness (QED) is 0.446. The number of oxazole rings is 1. The van der Waals surface area contributed by atoms with E-state index in [2.05, 4.69) is 10.3 Å². The van der Waals surface area contributed by atoms with Crippen LogP contribution in [-0.4, -0.2) is 10.9 Å². The van der Waals surface area contributed by atoms with Gasteiger partial charge >= 0.3 is 0 Å². The van der Waals surface area contributed by atoms with Gasteiger partial charge in [-0.25, -0.2) is 4.98 Å². The minimum absolute atomic E-state index is 0.156. The van der Waals surface area contributed by atoms with Gasteiger partial charge in [-0.3, -0.25) is 4.79 Å². The van der Waals surface area contributed by atoms with Crippen LogP contribution >= 0.6 is 0 Å². The minimum atomic E-state index is -0.156. The molecule has 0 aliphatic carbocycles. The standard InChI is InChI=1S/C25H22N2O3/c1-17-8-6-7-11-22(17)26-24(28)19-12-14-20(15-13-19)25-27-23(18(2)30-25)16-29-21-9-4-3-5-10-21/h3-15H,16H2,1-2H3,(H,26,28). The highest BCUT2D eigenvalue weighted by Gasteiger charge is 2.13. The number of amides is 1. The zero-order chi connectivity index (χ0) is 20.9. The number of para-hydroxylation sites is 2. The van der Waals surface area contributed by atoms with Crippen molar-refractivity contribution in [1.29, 1.82) is 0 Å². The van der Waals surface area contributed by atoms with Crippen LogP contribution in [0.25, 0.3) is 11.5 Å². The normalized spacial score (nSPS) is 10.6. The Hall–Kier alpha value is -3.86. The summed E-state index contributed by atoms with van der Waals surface area (Å²) in [6.07, 6.45) is 0. The molecule has 1 aromatic heterocycles. The highest BCUT2D eigenvalue weighted by molar-refractivity contribution is 6.04. The summed E-state index contributed by atoms with van der Waals surface area (Å²) in [5, 5.41) is 2.94. The number of ether oxygens (including phenoxy) is 1. The van der Waals surface area contributed by atoms with Crippen LogP contribution in [0.15, 0.2) is 83.3 Å². The van der Waals surface area contributed by atoms with E-state index in [-0.39, 0.29) is 5.91 Å². The van der Waals surface area contributed by atoms with Gasteiger partial charge in [0, 0.05) is 16.8 Å². The molecule has 0 saturated carbocycles. The second-order valence-corrected chi connectivity index (χ2v) is 6.97. The first-order valence-corrected chi connectivity index (χ1v) is 9.72. The molecule has 0 aliphatic rings. The maximum Gasteiger partial charge on any atom is 0.255 e. The molecule has 0 bridgehead atoms. The van der Waals surface area contributed by atoms with Gasteiger partial charge in [0.15, 0.2) is 0 Å². The summed E-state index contributed by atoms with van der Waals surface area (Å²) in [6.45, 7) is 4.16. The predicted octanol–water partition coefficient (Wildman–Crippen LogP) is 5.79. The third-order valence-corrected chi connectivity index (χ3v) is 4.80. The Labute approximate surface area is 175 Å². The highest BCUT2D eigenvalue weighted by Crippen LogP contribution is 2.24. The highest BCUT2D eigenvalue weighted by atomic mass is 16.5. The van der Waals surface area contributed by atoms with Crippen molar-refractivity contribution in [2.24, 2.45) is 0 Å². The maximum absolute atomic E-state index is 12.5. The molecular weight excluding hydrogens is 376 g/mol. The second kappa shape index (κ2) is 8.66. The average Bonchev–Trinajstić information content (AvgIpc) is 3.15. The molecular formula is C25H22N2O3. The molecule has 0 radical (unpaired) electrons. The molecule has 1 heterocycles. The molecule has 1 N–H and O–H groups in total. The SMILES string of the molecule is Cc1ccccc1NC(=O)c1ccc(-c2nc(COc3ccccc3)c(C)o2)cc1. The van der Waals surface area contributed by atoms with Crippen LogP contribution in [0.1, 0.15) is 27.4 Å². The van der Waals surface area contributed by atoms with Crippen LogP contribution in [0, 0.1) is 13.8 Å². The summed E-state index contributed by atoms with van der Waals surface area (Å²) in [6, 6.07) is 24.5. The first kappa shape index (κ1) is 19.5. The molecule has 0 aliphatic heterocycles. The van der Waals surface area contributed by atoms with Crippen LogP contribution in [0.3, 0.4) is 0 Å². The molecule has 0 spiro atoms. The van der Waals surface area contributed by atoms with Crippen LogP contribution in [0.4, 0.5) is 5.69 Å². The zero-order valence-electron chi connectivity index (χ0n) is 16.9. The third kappa shape index (κ3) is 4.41. The number of nitrogens with zero attached hydrogens (tertiary/aromatic N) is 1. The van der Waals surface area contributed by atoms with Crippen molar-refractivity contribution in [2.45, 2.75) is 20.5 Å². The Morgan fingerprint density at radius 3 is 2.37 bits per heavy atom. The number of nitrogens with one attached hydrogen (secondary N) is 1. The van der Waals surface area contributed by atoms with Gasteiger partial charge in [-0.05, 0) is 61.9 Å². The van der Waals surface area contributed by atoms with Crippen molar-refractivity contribution in [3.8, 4) is 17.2 Å². The zero-order valence-corrected chi connectivity index (χ0v) is 16.9. The number of carbonyl (C=O) groups is 1. The van der Waals surface area contributed by atoms with Gasteiger partial charge in [0.1, 0.15) is 23.8 Å². The number of aromatic nitrogens is 1. The van der Waals surface area contributed by atoms with Gasteiger partial charge in [-0.1, -0.05) is 36.4 Å². The van der Waals surface area contributed by atoms with E-state index in [0.717, 1.165) is 28.3 Å². The molecule has 5 nitrogen and oxygen atoms in total. The lowest BCUT2D eigenvalue weighted by Gasteiger charge is -2.08. The molecule has 4 aromatic rings. The van der Waals surface area contributed by atoms with Gasteiger partial charge in [-0.15, -0.1) is 0 Å². The van der Waals surface area contributed by atoms with Gasteiger partial charge in [0.05, 0.1) is 0 Å². The number of benzene rings is 3. The van der Waals surface area contributed by atoms with E-state index in [4.69, 9.17) is 9.15 Å². The lowest BCUT2D eigenvalue weighted by Crippen LogP contribution is -2.12. The van der Waals surface area contributed by atoms with Crippen molar-refractivity contribution in [3.63, 3.8) is 0 Å². The molecule has 1 amide bonds. The smallest absolute Gasteiger partial charge is 0.255 e. The first-order chi connectivity index (χ1) is 14.6. The molecule has 0 saturated heterocycles. The Bertz CT molecular complexity index is 1150. The number of aryl methyl sites for hydroxylation is 2. The van der Waals surface area contributed by atoms with E-state index in [1.807, 2.05) is 80.6 Å². The number of hydrogen-bond donors (Lipinski definition) is 1. The molecule has 5 heteroatoms. The van der Waals surface area contributed by atoms with Crippen LogP contribution < -0.4 is 10.1 Å². The van der Waals surface area contributed by atoms with Gasteiger partial charge in [0.2, 0.25) is 5.89 Å². The fourth-order valence-corrected chi connectivity index (χ4v) is 3.03. The fourth-order valence-electron chi connectivity index (χ4n) is 3.03. The molecule has 0 atom stereocenters. The monoisotopic (exact) mass is 398 g/mol. The predicted molar refractivity (Wildman–Crippen MR) is 117 cm³/mol. The van der Waals surface area contributed by atoms with Crippen LogP contribution in [-0.2, 0) is 6.61 Å². The molecule has 0 unspecified atom stereocenters. The lowest BCUT2D eigenvalue weighted by molar-refractivity contribution is 0.102. The summed E-state index contributed by atoms with van der Waals surface area (Å²) in [4.78, 5) is 17.1. The molecule has 3 aromatic carbocycles. The summed E-state index contributed by atoms with van der Waals surface area (Å²) in [7, 11) is 0. The average molecular weight is 398 g/mol. The Morgan fingerprint density at radius 2 is 1.63 bits per heavy atom. The lowest BCUT2D eigenvalue weighted by atomic mass is 10.1. The van der Waals surface area contributed by atoms with Crippen molar-refractivity contribution < 1.29 is 13.9 Å². The Kier molecular flexibility index (Phi) is 5.61. The number of carbonyl (C=O) groups excluding carboxylic acids is 1. The number of anilines is 1. The van der Waals surface area contributed by atoms with Crippen molar-refractivity contribution in [1.82, 2.24) is 4.98 Å². The van der Waals surface area contributed by atoms with Gasteiger partial charge in [-0.2, -0.15) is 0 Å². The minimum Gasteiger partial charge on any atom is -0.487 e. The fraction of sp³-hybridized carbons (Fsp3) is 0.120. The largest absolute Gasteiger partial charge is 0.487 e. The molecule has 30 heavy (non-hydrogen) atoms. The van der Waals surface area contributed by atoms with E-state index in [9.17, 15) is 4.79 Å². The molecule has 0 fully saturated rings. The van der Waals surface area contributed by atoms with Crippen LogP contribution in [0.2, 0.25) is 0 Å². The third-order valence-electron chi connectivity index (χ3n) is 4.80. The van der Waals surface area contributed by atoms with Gasteiger partial charge in [0.25, 0.3) is 5.91 Å². The Morgan fingerprint density at radius 1 is 0.933 bits per heavy atom. The van der Waals surface area contributed by atoms with Crippen molar-refractivity contribution in [3.05, 3.63) is 101 Å².